The summed E-state index contributed by atoms with van der Waals surface area (Å²) < 4.78 is 5.35. The van der Waals surface area contributed by atoms with Crippen molar-refractivity contribution in [3.05, 3.63) is 17.5 Å². The van der Waals surface area contributed by atoms with Crippen LogP contribution in [0.4, 0.5) is 0 Å². The van der Waals surface area contributed by atoms with E-state index in [1.807, 2.05) is 6.07 Å². The van der Waals surface area contributed by atoms with Crippen LogP contribution in [-0.4, -0.2) is 48.7 Å². The van der Waals surface area contributed by atoms with Crippen LogP contribution in [-0.2, 0) is 6.54 Å². The highest BCUT2D eigenvalue weighted by Gasteiger charge is 2.09. The fraction of sp³-hybridized carbons (Fsp3) is 0.778. The largest absolute Gasteiger partial charge is 0.359 e. The minimum absolute atomic E-state index is 0.381. The van der Waals surface area contributed by atoms with Gasteiger partial charge < -0.3 is 20.1 Å². The number of aromatic nitrogens is 1. The van der Waals surface area contributed by atoms with Crippen molar-refractivity contribution < 1.29 is 4.52 Å². The monoisotopic (exact) mass is 335 g/mol. The topological polar surface area (TPSA) is 65.7 Å². The maximum absolute atomic E-state index is 5.35. The third kappa shape index (κ3) is 6.51. The Bertz CT molecular complexity index is 489. The average Bonchev–Trinajstić information content (AvgIpc) is 2.90. The summed E-state index contributed by atoms with van der Waals surface area (Å²) in [5, 5.41) is 10.8. The number of guanidine groups is 1. The Morgan fingerprint density at radius 2 is 2.00 bits per heavy atom. The highest BCUT2D eigenvalue weighted by molar-refractivity contribution is 5.79. The zero-order valence-electron chi connectivity index (χ0n) is 15.5. The highest BCUT2D eigenvalue weighted by Crippen LogP contribution is 2.14. The van der Waals surface area contributed by atoms with Crippen molar-refractivity contribution in [2.24, 2.45) is 4.99 Å². The number of nitrogens with zero attached hydrogens (tertiary/aromatic N) is 3. The predicted octanol–water partition coefficient (Wildman–Crippen LogP) is 2.73. The van der Waals surface area contributed by atoms with Crippen molar-refractivity contribution in [3.8, 4) is 0 Å². The molecule has 136 valence electrons. The standard InChI is InChI=1S/C18H33N5O/c1-4-19-18(20-9-12-23-10-7-5-6-8-11-23)21-14-16-13-17(15(2)3)22-24-16/h13,15H,4-12,14H2,1-3H3,(H2,19,20,21). The van der Waals surface area contributed by atoms with Crippen LogP contribution >= 0.6 is 0 Å². The molecule has 2 heterocycles. The van der Waals surface area contributed by atoms with Gasteiger partial charge in [0.25, 0.3) is 0 Å². The third-order valence-electron chi connectivity index (χ3n) is 4.33. The van der Waals surface area contributed by atoms with Crippen molar-refractivity contribution in [2.75, 3.05) is 32.7 Å². The minimum Gasteiger partial charge on any atom is -0.359 e. The number of hydrogen-bond donors (Lipinski definition) is 2. The van der Waals surface area contributed by atoms with E-state index in [-0.39, 0.29) is 0 Å². The third-order valence-corrected chi connectivity index (χ3v) is 4.33. The molecule has 0 atom stereocenters. The lowest BCUT2D eigenvalue weighted by Gasteiger charge is -2.20. The summed E-state index contributed by atoms with van der Waals surface area (Å²) in [5.41, 5.74) is 0.985. The van der Waals surface area contributed by atoms with E-state index in [1.165, 1.54) is 38.8 Å². The first kappa shape index (κ1) is 18.8. The molecule has 1 fully saturated rings. The van der Waals surface area contributed by atoms with E-state index in [0.29, 0.717) is 12.5 Å². The second-order valence-corrected chi connectivity index (χ2v) is 6.75. The minimum atomic E-state index is 0.381. The zero-order chi connectivity index (χ0) is 17.2. The summed E-state index contributed by atoms with van der Waals surface area (Å²) in [5.74, 6) is 2.03. The molecule has 1 aliphatic rings. The van der Waals surface area contributed by atoms with Gasteiger partial charge in [-0.3, -0.25) is 0 Å². The Morgan fingerprint density at radius 3 is 2.62 bits per heavy atom. The summed E-state index contributed by atoms with van der Waals surface area (Å²) in [4.78, 5) is 7.15. The number of likely N-dealkylation sites (tertiary alicyclic amines) is 1. The van der Waals surface area contributed by atoms with Gasteiger partial charge in [0.15, 0.2) is 11.7 Å². The Hall–Kier alpha value is -1.56. The first-order chi connectivity index (χ1) is 11.7. The molecular formula is C18H33N5O. The van der Waals surface area contributed by atoms with Crippen LogP contribution in [0, 0.1) is 0 Å². The van der Waals surface area contributed by atoms with Crippen LogP contribution in [0.2, 0.25) is 0 Å². The lowest BCUT2D eigenvalue weighted by atomic mass is 10.1. The molecule has 0 bridgehead atoms. The van der Waals surface area contributed by atoms with E-state index in [1.54, 1.807) is 0 Å². The Balaban J connectivity index is 1.78. The van der Waals surface area contributed by atoms with Crippen LogP contribution in [0.3, 0.4) is 0 Å². The molecule has 2 rings (SSSR count). The van der Waals surface area contributed by atoms with Crippen molar-refractivity contribution in [3.63, 3.8) is 0 Å². The maximum Gasteiger partial charge on any atom is 0.191 e. The molecule has 6 heteroatoms. The fourth-order valence-corrected chi connectivity index (χ4v) is 2.87. The Kier molecular flexibility index (Phi) is 8.08. The van der Waals surface area contributed by atoms with E-state index < -0.39 is 0 Å². The van der Waals surface area contributed by atoms with Gasteiger partial charge in [-0.2, -0.15) is 0 Å². The van der Waals surface area contributed by atoms with Gasteiger partial charge in [-0.05, 0) is 38.8 Å². The fourth-order valence-electron chi connectivity index (χ4n) is 2.87. The number of rotatable bonds is 7. The molecule has 1 aliphatic heterocycles. The molecule has 0 spiro atoms. The Morgan fingerprint density at radius 1 is 1.25 bits per heavy atom. The van der Waals surface area contributed by atoms with Gasteiger partial charge >= 0.3 is 0 Å². The highest BCUT2D eigenvalue weighted by atomic mass is 16.5. The molecule has 24 heavy (non-hydrogen) atoms. The first-order valence-corrected chi connectivity index (χ1v) is 9.39. The van der Waals surface area contributed by atoms with Gasteiger partial charge in [0.05, 0.1) is 5.69 Å². The van der Waals surface area contributed by atoms with E-state index in [4.69, 9.17) is 4.52 Å². The van der Waals surface area contributed by atoms with Gasteiger partial charge in [0, 0.05) is 25.7 Å². The lowest BCUT2D eigenvalue weighted by molar-refractivity contribution is 0.289. The molecule has 0 aliphatic carbocycles. The average molecular weight is 335 g/mol. The van der Waals surface area contributed by atoms with Crippen LogP contribution < -0.4 is 10.6 Å². The van der Waals surface area contributed by atoms with Crippen LogP contribution in [0.15, 0.2) is 15.6 Å². The summed E-state index contributed by atoms with van der Waals surface area (Å²) in [6.07, 6.45) is 5.42. The van der Waals surface area contributed by atoms with Crippen molar-refractivity contribution in [1.29, 1.82) is 0 Å². The molecular weight excluding hydrogens is 302 g/mol. The van der Waals surface area contributed by atoms with E-state index in [2.05, 4.69) is 46.5 Å². The van der Waals surface area contributed by atoms with Crippen LogP contribution in [0.5, 0.6) is 0 Å². The summed E-state index contributed by atoms with van der Waals surface area (Å²) >= 11 is 0. The van der Waals surface area contributed by atoms with Crippen LogP contribution in [0.1, 0.15) is 63.8 Å². The quantitative estimate of drug-likeness (QED) is 0.592. The molecule has 0 amide bonds. The lowest BCUT2D eigenvalue weighted by Crippen LogP contribution is -2.41. The van der Waals surface area contributed by atoms with Crippen molar-refractivity contribution in [2.45, 2.75) is 58.9 Å². The molecule has 0 radical (unpaired) electrons. The molecule has 6 nitrogen and oxygen atoms in total. The molecule has 2 N–H and O–H groups in total. The first-order valence-electron chi connectivity index (χ1n) is 9.39. The molecule has 1 aromatic heterocycles. The Labute approximate surface area is 146 Å². The molecule has 0 unspecified atom stereocenters. The van der Waals surface area contributed by atoms with Gasteiger partial charge in [-0.15, -0.1) is 0 Å². The second kappa shape index (κ2) is 10.3. The number of aliphatic imine (C=N–C) groups is 1. The van der Waals surface area contributed by atoms with E-state index in [9.17, 15) is 0 Å². The van der Waals surface area contributed by atoms with E-state index >= 15 is 0 Å². The molecule has 1 aromatic rings. The number of hydrogen-bond acceptors (Lipinski definition) is 4. The van der Waals surface area contributed by atoms with Crippen molar-refractivity contribution in [1.82, 2.24) is 20.7 Å². The van der Waals surface area contributed by atoms with Gasteiger partial charge in [0.1, 0.15) is 6.54 Å². The van der Waals surface area contributed by atoms with Gasteiger partial charge in [-0.1, -0.05) is 31.8 Å². The second-order valence-electron chi connectivity index (χ2n) is 6.75. The SMILES string of the molecule is CCNC(=NCc1cc(C(C)C)no1)NCCN1CCCCCC1. The van der Waals surface area contributed by atoms with Crippen LogP contribution in [0.25, 0.3) is 0 Å². The smallest absolute Gasteiger partial charge is 0.191 e. The molecule has 0 aromatic carbocycles. The van der Waals surface area contributed by atoms with Gasteiger partial charge in [0.2, 0.25) is 0 Å². The number of nitrogens with one attached hydrogen (secondary N) is 2. The van der Waals surface area contributed by atoms with Crippen molar-refractivity contribution >= 4 is 5.96 Å². The predicted molar refractivity (Wildman–Crippen MR) is 98.3 cm³/mol. The molecule has 1 saturated heterocycles. The summed E-state index contributed by atoms with van der Waals surface area (Å²) in [6, 6.07) is 2.00. The maximum atomic E-state index is 5.35. The zero-order valence-corrected chi connectivity index (χ0v) is 15.5. The summed E-state index contributed by atoms with van der Waals surface area (Å²) in [7, 11) is 0. The normalized spacial score (nSPS) is 17.1. The summed E-state index contributed by atoms with van der Waals surface area (Å²) in [6.45, 7) is 12.1. The van der Waals surface area contributed by atoms with E-state index in [0.717, 1.165) is 37.0 Å². The van der Waals surface area contributed by atoms with Gasteiger partial charge in [-0.25, -0.2) is 4.99 Å². The molecule has 0 saturated carbocycles.